The summed E-state index contributed by atoms with van der Waals surface area (Å²) in [5.74, 6) is 1.68. The normalized spacial score (nSPS) is 16.0. The number of hydrogen-bond donors (Lipinski definition) is 0. The minimum Gasteiger partial charge on any atom is -0.106 e. The number of hydrogen-bond acceptors (Lipinski definition) is 0. The third-order valence-corrected chi connectivity index (χ3v) is 4.19. The van der Waals surface area contributed by atoms with Crippen LogP contribution in [0.15, 0.2) is 49.6 Å². The maximum atomic E-state index is 4.05. The zero-order chi connectivity index (χ0) is 20.6. The molecule has 0 bridgehead atoms. The maximum absolute atomic E-state index is 4.05. The molecular weight excluding hydrogens is 312 g/mol. The van der Waals surface area contributed by atoms with Gasteiger partial charge in [0.2, 0.25) is 0 Å². The van der Waals surface area contributed by atoms with E-state index in [0.29, 0.717) is 0 Å². The first-order chi connectivity index (χ1) is 12.6. The Kier molecular flexibility index (Phi) is 29.9. The molecule has 0 nitrogen and oxygen atoms in total. The Morgan fingerprint density at radius 1 is 1.04 bits per heavy atom. The van der Waals surface area contributed by atoms with Crippen molar-refractivity contribution in [3.63, 3.8) is 0 Å². The lowest BCUT2D eigenvalue weighted by Crippen LogP contribution is -1.87. The van der Waals surface area contributed by atoms with Crippen molar-refractivity contribution in [2.45, 2.75) is 106 Å². The second-order valence-electron chi connectivity index (χ2n) is 7.07. The molecule has 0 unspecified atom stereocenters. The van der Waals surface area contributed by atoms with Crippen LogP contribution in [0.5, 0.6) is 0 Å². The van der Waals surface area contributed by atoms with Crippen LogP contribution in [0.1, 0.15) is 106 Å². The van der Waals surface area contributed by atoms with E-state index in [4.69, 9.17) is 0 Å². The van der Waals surface area contributed by atoms with Gasteiger partial charge in [0, 0.05) is 0 Å². The zero-order valence-electron chi connectivity index (χ0n) is 19.2. The van der Waals surface area contributed by atoms with Crippen LogP contribution < -0.4 is 0 Å². The molecule has 0 radical (unpaired) electrons. The van der Waals surface area contributed by atoms with Gasteiger partial charge in [0.1, 0.15) is 0 Å². The lowest BCUT2D eigenvalue weighted by Gasteiger charge is -2.03. The molecular formula is C26H50. The van der Waals surface area contributed by atoms with Crippen molar-refractivity contribution in [2.24, 2.45) is 11.8 Å². The quantitative estimate of drug-likeness (QED) is 0.283. The summed E-state index contributed by atoms with van der Waals surface area (Å²) in [5.41, 5.74) is 1.45. The lowest BCUT2D eigenvalue weighted by atomic mass is 10.0. The van der Waals surface area contributed by atoms with Gasteiger partial charge in [-0.15, -0.1) is 13.2 Å². The van der Waals surface area contributed by atoms with Crippen molar-refractivity contribution >= 4 is 0 Å². The number of allylic oxidation sites excluding steroid dienone is 5. The Labute approximate surface area is 167 Å². The van der Waals surface area contributed by atoms with Gasteiger partial charge in [-0.3, -0.25) is 0 Å². The second kappa shape index (κ2) is 26.2. The predicted octanol–water partition coefficient (Wildman–Crippen LogP) is 9.70. The number of rotatable bonds is 9. The van der Waals surface area contributed by atoms with Crippen molar-refractivity contribution < 1.29 is 0 Å². The molecule has 0 amide bonds. The summed E-state index contributed by atoms with van der Waals surface area (Å²) in [6, 6.07) is 0. The van der Waals surface area contributed by atoms with Gasteiger partial charge in [0.15, 0.2) is 0 Å². The van der Waals surface area contributed by atoms with Crippen LogP contribution in [-0.2, 0) is 0 Å². The first-order valence-corrected chi connectivity index (χ1v) is 11.0. The van der Waals surface area contributed by atoms with Crippen molar-refractivity contribution in [1.29, 1.82) is 0 Å². The molecule has 0 heteroatoms. The molecule has 1 rings (SSSR count). The van der Waals surface area contributed by atoms with E-state index in [1.54, 1.807) is 0 Å². The molecule has 0 aromatic carbocycles. The van der Waals surface area contributed by atoms with E-state index < -0.39 is 0 Å². The summed E-state index contributed by atoms with van der Waals surface area (Å²) in [4.78, 5) is 0. The van der Waals surface area contributed by atoms with Gasteiger partial charge in [-0.2, -0.15) is 0 Å². The Balaban J connectivity index is -0.000000405. The first-order valence-electron chi connectivity index (χ1n) is 11.0. The minimum absolute atomic E-state index is 0.808. The van der Waals surface area contributed by atoms with E-state index in [1.165, 1.54) is 69.8 Å². The Hall–Kier alpha value is -1.04. The fourth-order valence-corrected chi connectivity index (χ4v) is 2.72. The smallest absolute Gasteiger partial charge is 0.0193 e. The Morgan fingerprint density at radius 2 is 1.65 bits per heavy atom. The van der Waals surface area contributed by atoms with Crippen molar-refractivity contribution in [1.82, 2.24) is 0 Å². The molecule has 1 saturated carbocycles. The average Bonchev–Trinajstić information content (AvgIpc) is 3.07. The Bertz CT molecular complexity index is 319. The van der Waals surface area contributed by atoms with Gasteiger partial charge in [-0.25, -0.2) is 0 Å². The van der Waals surface area contributed by atoms with Gasteiger partial charge in [0.05, 0.1) is 0 Å². The fraction of sp³-hybridized carbons (Fsp3) is 0.692. The molecule has 1 aliphatic carbocycles. The first kappa shape index (κ1) is 29.7. The molecule has 26 heavy (non-hydrogen) atoms. The van der Waals surface area contributed by atoms with Crippen LogP contribution in [0.25, 0.3) is 0 Å². The highest BCUT2D eigenvalue weighted by atomic mass is 14.2. The Morgan fingerprint density at radius 3 is 2.12 bits per heavy atom. The van der Waals surface area contributed by atoms with E-state index in [9.17, 15) is 0 Å². The van der Waals surface area contributed by atoms with Crippen molar-refractivity contribution in [3.8, 4) is 0 Å². The summed E-state index contributed by atoms with van der Waals surface area (Å²) >= 11 is 0. The lowest BCUT2D eigenvalue weighted by molar-refractivity contribution is 0.540. The van der Waals surface area contributed by atoms with Crippen LogP contribution in [0.2, 0.25) is 0 Å². The third-order valence-electron chi connectivity index (χ3n) is 4.19. The average molecular weight is 363 g/mol. The molecule has 0 N–H and O–H groups in total. The molecule has 154 valence electrons. The predicted molar refractivity (Wildman–Crippen MR) is 126 cm³/mol. The van der Waals surface area contributed by atoms with E-state index in [1.807, 2.05) is 13.8 Å². The van der Waals surface area contributed by atoms with Crippen LogP contribution in [0, 0.1) is 11.8 Å². The highest BCUT2D eigenvalue weighted by Crippen LogP contribution is 2.29. The molecule has 0 aromatic heterocycles. The standard InChI is InChI=1S/C15H26.C7H14.C2H6.C2H4/c1-13(2)8-6-4-5-7-9-15-11-10-14(3)12-15;1-3-5-7-6-4-2;2*1-2/h7,9,13,15H,3-6,8,10-12H2,1-2H3;3,5H,4,6-7H2,1-2H3;1-2H3;1-2H2/b9-7+;5-3-;;/t15-;;;/m0.../s1. The van der Waals surface area contributed by atoms with Gasteiger partial charge >= 0.3 is 0 Å². The SMILES string of the molecule is C/C=C\CCCC.C=C.C=C1CC[C@H](/C=C/CCCCC(C)C)C1.CC. The minimum atomic E-state index is 0.808. The number of unbranched alkanes of at least 4 members (excludes halogenated alkanes) is 4. The van der Waals surface area contributed by atoms with Crippen LogP contribution in [-0.4, -0.2) is 0 Å². The summed E-state index contributed by atoms with van der Waals surface area (Å²) in [6.07, 6.45) is 22.3. The zero-order valence-corrected chi connectivity index (χ0v) is 19.2. The monoisotopic (exact) mass is 362 g/mol. The van der Waals surface area contributed by atoms with Crippen molar-refractivity contribution in [2.75, 3.05) is 0 Å². The summed E-state index contributed by atoms with van der Waals surface area (Å²) in [6.45, 7) is 22.9. The van der Waals surface area contributed by atoms with Gasteiger partial charge in [0.25, 0.3) is 0 Å². The van der Waals surface area contributed by atoms with E-state index in [0.717, 1.165) is 11.8 Å². The molecule has 0 spiro atoms. The largest absolute Gasteiger partial charge is 0.106 e. The second-order valence-corrected chi connectivity index (χ2v) is 7.07. The van der Waals surface area contributed by atoms with Gasteiger partial charge in [-0.05, 0) is 57.3 Å². The molecule has 1 fully saturated rings. The fourth-order valence-electron chi connectivity index (χ4n) is 2.72. The molecule has 0 aromatic rings. The van der Waals surface area contributed by atoms with Gasteiger partial charge in [-0.1, -0.05) is 96.8 Å². The van der Waals surface area contributed by atoms with Crippen LogP contribution in [0.3, 0.4) is 0 Å². The van der Waals surface area contributed by atoms with Crippen molar-refractivity contribution in [3.05, 3.63) is 49.6 Å². The van der Waals surface area contributed by atoms with E-state index in [2.05, 4.69) is 71.7 Å². The maximum Gasteiger partial charge on any atom is -0.0193 e. The highest BCUT2D eigenvalue weighted by Gasteiger charge is 2.14. The molecule has 0 aliphatic heterocycles. The third kappa shape index (κ3) is 25.2. The van der Waals surface area contributed by atoms with Gasteiger partial charge < -0.3 is 0 Å². The topological polar surface area (TPSA) is 0 Å². The van der Waals surface area contributed by atoms with E-state index in [-0.39, 0.29) is 0 Å². The van der Waals surface area contributed by atoms with Crippen LogP contribution >= 0.6 is 0 Å². The molecule has 0 heterocycles. The molecule has 1 atom stereocenters. The summed E-state index contributed by atoms with van der Waals surface area (Å²) in [7, 11) is 0. The summed E-state index contributed by atoms with van der Waals surface area (Å²) in [5, 5.41) is 0. The molecule has 0 saturated heterocycles. The van der Waals surface area contributed by atoms with E-state index >= 15 is 0 Å². The summed E-state index contributed by atoms with van der Waals surface area (Å²) < 4.78 is 0. The van der Waals surface area contributed by atoms with Crippen LogP contribution in [0.4, 0.5) is 0 Å². The highest BCUT2D eigenvalue weighted by molar-refractivity contribution is 5.07. The molecule has 1 aliphatic rings.